The number of hydrogen-bond acceptors (Lipinski definition) is 3. The molecule has 0 saturated heterocycles. The van der Waals surface area contributed by atoms with Gasteiger partial charge in [0.05, 0.1) is 0 Å². The molecule has 1 heterocycles. The normalized spacial score (nSPS) is 10.3. The Labute approximate surface area is 88.8 Å². The second kappa shape index (κ2) is 3.73. The predicted octanol–water partition coefficient (Wildman–Crippen LogP) is 2.47. The Hall–Kier alpha value is -1.84. The molecule has 15 heavy (non-hydrogen) atoms. The van der Waals surface area contributed by atoms with Gasteiger partial charge in [0.1, 0.15) is 5.82 Å². The van der Waals surface area contributed by atoms with E-state index in [-0.39, 0.29) is 0 Å². The van der Waals surface area contributed by atoms with Crippen LogP contribution in [-0.4, -0.2) is 15.2 Å². The Morgan fingerprint density at radius 2 is 1.73 bits per heavy atom. The molecule has 0 radical (unpaired) electrons. The van der Waals surface area contributed by atoms with Crippen LogP contribution in [-0.2, 0) is 0 Å². The molecule has 0 aliphatic rings. The Kier molecular flexibility index (Phi) is 2.41. The molecule has 0 saturated carbocycles. The van der Waals surface area contributed by atoms with Crippen molar-refractivity contribution in [3.05, 3.63) is 35.2 Å². The van der Waals surface area contributed by atoms with Gasteiger partial charge in [0, 0.05) is 5.69 Å². The minimum Gasteiger partial charge on any atom is -0.323 e. The molecule has 78 valence electrons. The zero-order valence-electron chi connectivity index (χ0n) is 9.13. The highest BCUT2D eigenvalue weighted by Crippen LogP contribution is 2.16. The number of benzene rings is 1. The molecule has 0 unspecified atom stereocenters. The standard InChI is InChI=1S/C11H14N4/c1-7-4-8(2)6-10(5-7)13-11-12-9(3)14-15-11/h4-6H,1-3H3,(H2,12,13,14,15). The first-order valence-corrected chi connectivity index (χ1v) is 4.88. The maximum atomic E-state index is 4.19. The Bertz CT molecular complexity index is 453. The number of aryl methyl sites for hydroxylation is 3. The molecule has 2 aromatic rings. The van der Waals surface area contributed by atoms with Crippen LogP contribution in [0.1, 0.15) is 17.0 Å². The molecule has 0 spiro atoms. The molecule has 0 bridgehead atoms. The minimum atomic E-state index is 0.609. The molecular weight excluding hydrogens is 188 g/mol. The molecule has 0 aliphatic heterocycles. The smallest absolute Gasteiger partial charge is 0.246 e. The van der Waals surface area contributed by atoms with Crippen molar-refractivity contribution in [3.8, 4) is 0 Å². The summed E-state index contributed by atoms with van der Waals surface area (Å²) >= 11 is 0. The summed E-state index contributed by atoms with van der Waals surface area (Å²) in [4.78, 5) is 4.19. The third kappa shape index (κ3) is 2.34. The summed E-state index contributed by atoms with van der Waals surface area (Å²) in [5, 5.41) is 9.97. The molecule has 4 heteroatoms. The predicted molar refractivity (Wildman–Crippen MR) is 60.3 cm³/mol. The van der Waals surface area contributed by atoms with Crippen molar-refractivity contribution in [2.24, 2.45) is 0 Å². The van der Waals surface area contributed by atoms with Gasteiger partial charge in [-0.15, -0.1) is 5.10 Å². The van der Waals surface area contributed by atoms with Crippen molar-refractivity contribution in [1.29, 1.82) is 0 Å². The van der Waals surface area contributed by atoms with E-state index in [2.05, 4.69) is 52.5 Å². The highest BCUT2D eigenvalue weighted by atomic mass is 15.3. The third-order valence-corrected chi connectivity index (χ3v) is 2.08. The van der Waals surface area contributed by atoms with Crippen LogP contribution in [0.2, 0.25) is 0 Å². The van der Waals surface area contributed by atoms with E-state index in [1.165, 1.54) is 11.1 Å². The number of nitrogens with zero attached hydrogens (tertiary/aromatic N) is 2. The van der Waals surface area contributed by atoms with E-state index in [4.69, 9.17) is 0 Å². The van der Waals surface area contributed by atoms with Crippen LogP contribution in [0.5, 0.6) is 0 Å². The van der Waals surface area contributed by atoms with Crippen LogP contribution < -0.4 is 5.32 Å². The molecule has 1 aromatic carbocycles. The Morgan fingerprint density at radius 1 is 1.07 bits per heavy atom. The van der Waals surface area contributed by atoms with Crippen LogP contribution >= 0.6 is 0 Å². The van der Waals surface area contributed by atoms with Gasteiger partial charge in [0.15, 0.2) is 0 Å². The highest BCUT2D eigenvalue weighted by Gasteiger charge is 2.00. The van der Waals surface area contributed by atoms with E-state index in [1.807, 2.05) is 6.92 Å². The molecule has 2 rings (SSSR count). The fourth-order valence-electron chi connectivity index (χ4n) is 1.57. The van der Waals surface area contributed by atoms with E-state index in [0.29, 0.717) is 5.95 Å². The van der Waals surface area contributed by atoms with Gasteiger partial charge in [0.25, 0.3) is 0 Å². The van der Waals surface area contributed by atoms with Gasteiger partial charge < -0.3 is 5.32 Å². The van der Waals surface area contributed by atoms with Crippen LogP contribution in [0.4, 0.5) is 11.6 Å². The number of hydrogen-bond donors (Lipinski definition) is 2. The lowest BCUT2D eigenvalue weighted by Gasteiger charge is -2.04. The van der Waals surface area contributed by atoms with Crippen molar-refractivity contribution in [3.63, 3.8) is 0 Å². The van der Waals surface area contributed by atoms with Crippen LogP contribution in [0.3, 0.4) is 0 Å². The first kappa shape index (κ1) is 9.71. The van der Waals surface area contributed by atoms with Gasteiger partial charge in [-0.25, -0.2) is 0 Å². The topological polar surface area (TPSA) is 53.6 Å². The second-order valence-electron chi connectivity index (χ2n) is 3.75. The number of rotatable bonds is 2. The summed E-state index contributed by atoms with van der Waals surface area (Å²) in [7, 11) is 0. The highest BCUT2D eigenvalue weighted by molar-refractivity contribution is 5.55. The van der Waals surface area contributed by atoms with Crippen molar-refractivity contribution in [2.45, 2.75) is 20.8 Å². The van der Waals surface area contributed by atoms with Crippen LogP contribution in [0, 0.1) is 20.8 Å². The average molecular weight is 202 g/mol. The fraction of sp³-hybridized carbons (Fsp3) is 0.273. The molecule has 0 fully saturated rings. The lowest BCUT2D eigenvalue weighted by Crippen LogP contribution is -1.93. The summed E-state index contributed by atoms with van der Waals surface area (Å²) in [5.74, 6) is 1.42. The van der Waals surface area contributed by atoms with Gasteiger partial charge in [-0.3, -0.25) is 5.10 Å². The molecular formula is C11H14N4. The zero-order valence-corrected chi connectivity index (χ0v) is 9.13. The first-order valence-electron chi connectivity index (χ1n) is 4.88. The van der Waals surface area contributed by atoms with E-state index in [9.17, 15) is 0 Å². The van der Waals surface area contributed by atoms with Gasteiger partial charge >= 0.3 is 0 Å². The fourth-order valence-corrected chi connectivity index (χ4v) is 1.57. The average Bonchev–Trinajstić information content (AvgIpc) is 2.49. The SMILES string of the molecule is Cc1cc(C)cc(Nc2n[nH]c(C)n2)c1. The summed E-state index contributed by atoms with van der Waals surface area (Å²) in [6.07, 6.45) is 0. The van der Waals surface area contributed by atoms with E-state index in [0.717, 1.165) is 11.5 Å². The van der Waals surface area contributed by atoms with Gasteiger partial charge in [-0.1, -0.05) is 6.07 Å². The zero-order chi connectivity index (χ0) is 10.8. The largest absolute Gasteiger partial charge is 0.323 e. The monoisotopic (exact) mass is 202 g/mol. The van der Waals surface area contributed by atoms with Crippen molar-refractivity contribution < 1.29 is 0 Å². The number of aromatic nitrogens is 3. The summed E-state index contributed by atoms with van der Waals surface area (Å²) in [6.45, 7) is 6.02. The summed E-state index contributed by atoms with van der Waals surface area (Å²) < 4.78 is 0. The molecule has 0 aliphatic carbocycles. The lowest BCUT2D eigenvalue weighted by molar-refractivity contribution is 1.04. The minimum absolute atomic E-state index is 0.609. The molecule has 0 atom stereocenters. The Balaban J connectivity index is 2.24. The maximum absolute atomic E-state index is 4.19. The number of aromatic amines is 1. The van der Waals surface area contributed by atoms with Crippen molar-refractivity contribution in [1.82, 2.24) is 15.2 Å². The number of nitrogens with one attached hydrogen (secondary N) is 2. The second-order valence-corrected chi connectivity index (χ2v) is 3.75. The van der Waals surface area contributed by atoms with Crippen LogP contribution in [0.15, 0.2) is 18.2 Å². The van der Waals surface area contributed by atoms with E-state index in [1.54, 1.807) is 0 Å². The Morgan fingerprint density at radius 3 is 2.27 bits per heavy atom. The van der Waals surface area contributed by atoms with Crippen molar-refractivity contribution >= 4 is 11.6 Å². The van der Waals surface area contributed by atoms with Gasteiger partial charge in [0.2, 0.25) is 5.95 Å². The molecule has 0 amide bonds. The summed E-state index contributed by atoms with van der Waals surface area (Å²) in [5.41, 5.74) is 3.47. The molecule has 4 nitrogen and oxygen atoms in total. The molecule has 1 aromatic heterocycles. The first-order chi connectivity index (χ1) is 7.13. The van der Waals surface area contributed by atoms with E-state index < -0.39 is 0 Å². The van der Waals surface area contributed by atoms with Gasteiger partial charge in [-0.05, 0) is 44.0 Å². The maximum Gasteiger partial charge on any atom is 0.246 e. The van der Waals surface area contributed by atoms with Gasteiger partial charge in [-0.2, -0.15) is 4.98 Å². The third-order valence-electron chi connectivity index (χ3n) is 2.08. The number of H-pyrrole nitrogens is 1. The van der Waals surface area contributed by atoms with Crippen molar-refractivity contribution in [2.75, 3.05) is 5.32 Å². The molecule has 2 N–H and O–H groups in total. The summed E-state index contributed by atoms with van der Waals surface area (Å²) in [6, 6.07) is 6.27. The van der Waals surface area contributed by atoms with E-state index >= 15 is 0 Å². The quantitative estimate of drug-likeness (QED) is 0.786. The lowest BCUT2D eigenvalue weighted by atomic mass is 10.1. The van der Waals surface area contributed by atoms with Crippen LogP contribution in [0.25, 0.3) is 0 Å². The number of anilines is 2.